The summed E-state index contributed by atoms with van der Waals surface area (Å²) in [4.78, 5) is 11.2. The van der Waals surface area contributed by atoms with Gasteiger partial charge in [0.2, 0.25) is 0 Å². The highest BCUT2D eigenvalue weighted by Gasteiger charge is 2.24. The second-order valence-electron chi connectivity index (χ2n) is 2.59. The molecule has 1 aliphatic rings. The number of hydrogen-bond acceptors (Lipinski definition) is 2. The maximum Gasteiger partial charge on any atom is 0.275 e. The lowest BCUT2D eigenvalue weighted by Crippen LogP contribution is -2.22. The maximum atomic E-state index is 11.2. The molecule has 3 nitrogen and oxygen atoms in total. The third-order valence-electron chi connectivity index (χ3n) is 1.64. The van der Waals surface area contributed by atoms with Crippen molar-refractivity contribution in [2.75, 3.05) is 6.54 Å². The zero-order chi connectivity index (χ0) is 8.43. The van der Waals surface area contributed by atoms with Gasteiger partial charge in [0.15, 0.2) is 0 Å². The van der Waals surface area contributed by atoms with Crippen molar-refractivity contribution in [3.8, 4) is 0 Å². The molecule has 1 aliphatic heterocycles. The summed E-state index contributed by atoms with van der Waals surface area (Å²) < 4.78 is 0. The van der Waals surface area contributed by atoms with Gasteiger partial charge in [-0.15, -0.1) is 0 Å². The molecule has 1 amide bonds. The molecular formula is C8H12N2O. The molecule has 0 fully saturated rings. The van der Waals surface area contributed by atoms with Gasteiger partial charge in [0.25, 0.3) is 5.91 Å². The highest BCUT2D eigenvalue weighted by atomic mass is 16.2. The van der Waals surface area contributed by atoms with Crippen LogP contribution in [-0.2, 0) is 4.79 Å². The van der Waals surface area contributed by atoms with Crippen LogP contribution in [0.15, 0.2) is 17.3 Å². The standard InChI is InChI=1S/C8H12N2O/c1-4-5-10-8(11)6(2)7(3)9-10/h2,4-5H2,1,3H3. The Bertz CT molecular complexity index is 230. The molecule has 0 radical (unpaired) electrons. The molecule has 1 rings (SSSR count). The zero-order valence-electron chi connectivity index (χ0n) is 6.92. The van der Waals surface area contributed by atoms with Gasteiger partial charge < -0.3 is 0 Å². The molecule has 0 bridgehead atoms. The van der Waals surface area contributed by atoms with Crippen molar-refractivity contribution in [2.45, 2.75) is 20.3 Å². The molecule has 0 N–H and O–H groups in total. The van der Waals surface area contributed by atoms with Crippen LogP contribution in [-0.4, -0.2) is 23.2 Å². The SMILES string of the molecule is C=C1C(=O)N(CCC)N=C1C. The summed E-state index contributed by atoms with van der Waals surface area (Å²) in [6.45, 7) is 8.13. The average molecular weight is 152 g/mol. The Kier molecular flexibility index (Phi) is 2.08. The van der Waals surface area contributed by atoms with E-state index >= 15 is 0 Å². The topological polar surface area (TPSA) is 32.7 Å². The Morgan fingerprint density at radius 2 is 2.27 bits per heavy atom. The van der Waals surface area contributed by atoms with E-state index in [1.165, 1.54) is 5.01 Å². The zero-order valence-corrected chi connectivity index (χ0v) is 6.92. The minimum atomic E-state index is -0.0515. The number of amides is 1. The Balaban J connectivity index is 2.72. The fourth-order valence-electron chi connectivity index (χ4n) is 0.961. The quantitative estimate of drug-likeness (QED) is 0.547. The highest BCUT2D eigenvalue weighted by molar-refractivity contribution is 6.23. The van der Waals surface area contributed by atoms with Gasteiger partial charge in [-0.3, -0.25) is 4.79 Å². The Morgan fingerprint density at radius 3 is 2.64 bits per heavy atom. The highest BCUT2D eigenvalue weighted by Crippen LogP contribution is 2.12. The van der Waals surface area contributed by atoms with E-state index in [0.29, 0.717) is 12.1 Å². The molecular weight excluding hydrogens is 140 g/mol. The maximum absolute atomic E-state index is 11.2. The van der Waals surface area contributed by atoms with Gasteiger partial charge in [0.05, 0.1) is 11.3 Å². The summed E-state index contributed by atoms with van der Waals surface area (Å²) in [6.07, 6.45) is 0.926. The number of nitrogens with zero attached hydrogens (tertiary/aromatic N) is 2. The first-order chi connectivity index (χ1) is 5.16. The molecule has 0 atom stereocenters. The molecule has 1 heterocycles. The fourth-order valence-corrected chi connectivity index (χ4v) is 0.961. The number of hydrogen-bond donors (Lipinski definition) is 0. The van der Waals surface area contributed by atoms with E-state index in [0.717, 1.165) is 12.1 Å². The van der Waals surface area contributed by atoms with E-state index in [9.17, 15) is 4.79 Å². The molecule has 0 saturated heterocycles. The van der Waals surface area contributed by atoms with E-state index < -0.39 is 0 Å². The van der Waals surface area contributed by atoms with Crippen molar-refractivity contribution in [3.63, 3.8) is 0 Å². The second-order valence-corrected chi connectivity index (χ2v) is 2.59. The summed E-state index contributed by atoms with van der Waals surface area (Å²) in [5.41, 5.74) is 1.27. The molecule has 0 saturated carbocycles. The van der Waals surface area contributed by atoms with Crippen LogP contribution in [0.4, 0.5) is 0 Å². The summed E-state index contributed by atoms with van der Waals surface area (Å²) in [5, 5.41) is 5.51. The Hall–Kier alpha value is -1.12. The first kappa shape index (κ1) is 7.98. The van der Waals surface area contributed by atoms with E-state index in [1.807, 2.05) is 6.92 Å². The third-order valence-corrected chi connectivity index (χ3v) is 1.64. The first-order valence-electron chi connectivity index (χ1n) is 3.73. The van der Waals surface area contributed by atoms with Crippen LogP contribution in [0, 0.1) is 0 Å². The molecule has 60 valence electrons. The molecule has 3 heteroatoms. The van der Waals surface area contributed by atoms with Crippen molar-refractivity contribution >= 4 is 11.6 Å². The van der Waals surface area contributed by atoms with Crippen LogP contribution in [0.5, 0.6) is 0 Å². The van der Waals surface area contributed by atoms with Crippen LogP contribution >= 0.6 is 0 Å². The largest absolute Gasteiger partial charge is 0.275 e. The van der Waals surface area contributed by atoms with Crippen molar-refractivity contribution in [3.05, 3.63) is 12.2 Å². The van der Waals surface area contributed by atoms with Gasteiger partial charge in [-0.2, -0.15) is 5.10 Å². The van der Waals surface area contributed by atoms with Crippen LogP contribution in [0.1, 0.15) is 20.3 Å². The minimum absolute atomic E-state index is 0.0515. The molecule has 11 heavy (non-hydrogen) atoms. The fraction of sp³-hybridized carbons (Fsp3) is 0.500. The van der Waals surface area contributed by atoms with Crippen LogP contribution in [0.2, 0.25) is 0 Å². The monoisotopic (exact) mass is 152 g/mol. The van der Waals surface area contributed by atoms with Gasteiger partial charge in [-0.25, -0.2) is 5.01 Å². The second kappa shape index (κ2) is 2.86. The smallest absolute Gasteiger partial charge is 0.267 e. The number of rotatable bonds is 2. The summed E-state index contributed by atoms with van der Waals surface area (Å²) >= 11 is 0. The van der Waals surface area contributed by atoms with E-state index in [2.05, 4.69) is 11.7 Å². The van der Waals surface area contributed by atoms with E-state index in [1.54, 1.807) is 6.92 Å². The third kappa shape index (κ3) is 1.31. The predicted octanol–water partition coefficient (Wildman–Crippen LogP) is 1.17. The van der Waals surface area contributed by atoms with Crippen LogP contribution in [0.3, 0.4) is 0 Å². The van der Waals surface area contributed by atoms with Crippen molar-refractivity contribution < 1.29 is 4.79 Å². The first-order valence-corrected chi connectivity index (χ1v) is 3.73. The van der Waals surface area contributed by atoms with Gasteiger partial charge >= 0.3 is 0 Å². The van der Waals surface area contributed by atoms with Gasteiger partial charge in [-0.1, -0.05) is 13.5 Å². The summed E-state index contributed by atoms with van der Waals surface area (Å²) in [5.74, 6) is -0.0515. The lowest BCUT2D eigenvalue weighted by molar-refractivity contribution is -0.125. The number of hydrazone groups is 1. The lowest BCUT2D eigenvalue weighted by Gasteiger charge is -2.08. The number of carbonyl (C=O) groups is 1. The van der Waals surface area contributed by atoms with Gasteiger partial charge in [0.1, 0.15) is 0 Å². The van der Waals surface area contributed by atoms with Crippen molar-refractivity contribution in [1.82, 2.24) is 5.01 Å². The molecule has 0 aromatic carbocycles. The lowest BCUT2D eigenvalue weighted by atomic mass is 10.2. The van der Waals surface area contributed by atoms with E-state index in [-0.39, 0.29) is 5.91 Å². The molecule has 0 aliphatic carbocycles. The van der Waals surface area contributed by atoms with Crippen molar-refractivity contribution in [1.29, 1.82) is 0 Å². The normalized spacial score (nSPS) is 17.6. The number of carbonyl (C=O) groups excluding carboxylic acids is 1. The van der Waals surface area contributed by atoms with Crippen LogP contribution < -0.4 is 0 Å². The molecule has 0 spiro atoms. The minimum Gasteiger partial charge on any atom is -0.267 e. The Morgan fingerprint density at radius 1 is 1.64 bits per heavy atom. The summed E-state index contributed by atoms with van der Waals surface area (Å²) in [6, 6.07) is 0. The molecule has 0 unspecified atom stereocenters. The predicted molar refractivity (Wildman–Crippen MR) is 44.3 cm³/mol. The Labute approximate surface area is 66.4 Å². The molecule has 0 aromatic rings. The van der Waals surface area contributed by atoms with Crippen LogP contribution in [0.25, 0.3) is 0 Å². The molecule has 0 aromatic heterocycles. The van der Waals surface area contributed by atoms with Gasteiger partial charge in [-0.05, 0) is 13.3 Å². The average Bonchev–Trinajstić information content (AvgIpc) is 2.19. The summed E-state index contributed by atoms with van der Waals surface area (Å²) in [7, 11) is 0. The van der Waals surface area contributed by atoms with Crippen molar-refractivity contribution in [2.24, 2.45) is 5.10 Å². The van der Waals surface area contributed by atoms with E-state index in [4.69, 9.17) is 0 Å². The van der Waals surface area contributed by atoms with Gasteiger partial charge in [0, 0.05) is 6.54 Å².